The van der Waals surface area contributed by atoms with Gasteiger partial charge < -0.3 is 5.73 Å². The first-order valence-electron chi connectivity index (χ1n) is 6.66. The summed E-state index contributed by atoms with van der Waals surface area (Å²) in [5.74, 6) is 0.832. The number of rotatable bonds is 10. The zero-order chi connectivity index (χ0) is 11.4. The van der Waals surface area contributed by atoms with Gasteiger partial charge in [-0.05, 0) is 12.3 Å². The van der Waals surface area contributed by atoms with Crippen molar-refractivity contribution in [2.45, 2.75) is 65.2 Å². The van der Waals surface area contributed by atoms with Crippen LogP contribution in [0.1, 0.15) is 65.2 Å². The maximum atomic E-state index is 5.40. The molecule has 1 heteroatoms. The Morgan fingerprint density at radius 2 is 1.67 bits per heavy atom. The van der Waals surface area contributed by atoms with E-state index < -0.39 is 0 Å². The first-order chi connectivity index (χ1) is 7.31. The lowest BCUT2D eigenvalue weighted by Crippen LogP contribution is -1.95. The van der Waals surface area contributed by atoms with E-state index in [0.717, 1.165) is 5.92 Å². The Hall–Kier alpha value is -0.300. The molecule has 0 aromatic heterocycles. The lowest BCUT2D eigenvalue weighted by atomic mass is 9.99. The predicted octanol–water partition coefficient (Wildman–Crippen LogP) is 4.28. The highest BCUT2D eigenvalue weighted by Crippen LogP contribution is 2.14. The zero-order valence-electron chi connectivity index (χ0n) is 10.7. The van der Waals surface area contributed by atoms with Crippen LogP contribution in [0.4, 0.5) is 0 Å². The van der Waals surface area contributed by atoms with E-state index in [0.29, 0.717) is 6.54 Å². The summed E-state index contributed by atoms with van der Waals surface area (Å²) >= 11 is 0. The van der Waals surface area contributed by atoms with Crippen molar-refractivity contribution in [3.63, 3.8) is 0 Å². The molecule has 0 saturated carbocycles. The van der Waals surface area contributed by atoms with Crippen LogP contribution >= 0.6 is 0 Å². The van der Waals surface area contributed by atoms with E-state index in [1.807, 2.05) is 0 Å². The highest BCUT2D eigenvalue weighted by atomic mass is 14.5. The highest BCUT2D eigenvalue weighted by molar-refractivity contribution is 4.83. The standard InChI is InChI=1S/C14H29N/c1-3-4-5-6-7-8-11-14(2)12-9-10-13-15/h9-10,14H,3-8,11-13,15H2,1-2H3/b10-9+. The average Bonchev–Trinajstić information content (AvgIpc) is 2.23. The SMILES string of the molecule is CCCCCCCCC(C)C/C=C/CN. The highest BCUT2D eigenvalue weighted by Gasteiger charge is 1.98. The molecule has 0 aliphatic carbocycles. The third-order valence-corrected chi connectivity index (χ3v) is 2.89. The molecule has 2 N–H and O–H groups in total. The normalized spacial score (nSPS) is 13.5. The van der Waals surface area contributed by atoms with Crippen LogP contribution in [0, 0.1) is 5.92 Å². The van der Waals surface area contributed by atoms with Crippen LogP contribution in [-0.2, 0) is 0 Å². The molecule has 90 valence electrons. The number of allylic oxidation sites excluding steroid dienone is 1. The van der Waals surface area contributed by atoms with Gasteiger partial charge in [-0.2, -0.15) is 0 Å². The Bertz CT molecular complexity index is 140. The van der Waals surface area contributed by atoms with Crippen molar-refractivity contribution >= 4 is 0 Å². The smallest absolute Gasteiger partial charge is 0.0106 e. The summed E-state index contributed by atoms with van der Waals surface area (Å²) in [5, 5.41) is 0. The summed E-state index contributed by atoms with van der Waals surface area (Å²) in [7, 11) is 0. The lowest BCUT2D eigenvalue weighted by Gasteiger charge is -2.07. The van der Waals surface area contributed by atoms with Gasteiger partial charge >= 0.3 is 0 Å². The van der Waals surface area contributed by atoms with E-state index in [1.165, 1.54) is 51.4 Å². The van der Waals surface area contributed by atoms with Crippen molar-refractivity contribution in [3.8, 4) is 0 Å². The Labute approximate surface area is 96.1 Å². The fraction of sp³-hybridized carbons (Fsp3) is 0.857. The number of unbranched alkanes of at least 4 members (excludes halogenated alkanes) is 5. The van der Waals surface area contributed by atoms with Crippen LogP contribution in [0.5, 0.6) is 0 Å². The van der Waals surface area contributed by atoms with Crippen molar-refractivity contribution in [1.82, 2.24) is 0 Å². The van der Waals surface area contributed by atoms with Crippen molar-refractivity contribution in [2.75, 3.05) is 6.54 Å². The van der Waals surface area contributed by atoms with Gasteiger partial charge in [0.1, 0.15) is 0 Å². The third-order valence-electron chi connectivity index (χ3n) is 2.89. The molecule has 1 nitrogen and oxygen atoms in total. The van der Waals surface area contributed by atoms with Crippen LogP contribution in [-0.4, -0.2) is 6.54 Å². The summed E-state index contributed by atoms with van der Waals surface area (Å²) < 4.78 is 0. The molecule has 0 heterocycles. The predicted molar refractivity (Wildman–Crippen MR) is 70.0 cm³/mol. The molecule has 0 amide bonds. The zero-order valence-corrected chi connectivity index (χ0v) is 10.7. The van der Waals surface area contributed by atoms with Gasteiger partial charge in [0.25, 0.3) is 0 Å². The Morgan fingerprint density at radius 1 is 1.00 bits per heavy atom. The van der Waals surface area contributed by atoms with Gasteiger partial charge in [-0.15, -0.1) is 0 Å². The first-order valence-corrected chi connectivity index (χ1v) is 6.66. The molecular formula is C14H29N. The minimum Gasteiger partial charge on any atom is -0.327 e. The minimum atomic E-state index is 0.684. The van der Waals surface area contributed by atoms with Crippen molar-refractivity contribution < 1.29 is 0 Å². The van der Waals surface area contributed by atoms with Gasteiger partial charge in [0.15, 0.2) is 0 Å². The van der Waals surface area contributed by atoms with Crippen molar-refractivity contribution in [2.24, 2.45) is 11.7 Å². The maximum Gasteiger partial charge on any atom is 0.0106 e. The number of hydrogen-bond donors (Lipinski definition) is 1. The molecule has 0 rings (SSSR count). The molecule has 0 bridgehead atoms. The molecule has 0 aliphatic heterocycles. The van der Waals surface area contributed by atoms with Crippen LogP contribution < -0.4 is 5.73 Å². The van der Waals surface area contributed by atoms with Crippen LogP contribution in [0.25, 0.3) is 0 Å². The molecular weight excluding hydrogens is 182 g/mol. The quantitative estimate of drug-likeness (QED) is 0.423. The van der Waals surface area contributed by atoms with E-state index in [-0.39, 0.29) is 0 Å². The molecule has 15 heavy (non-hydrogen) atoms. The van der Waals surface area contributed by atoms with E-state index in [2.05, 4.69) is 26.0 Å². The third kappa shape index (κ3) is 11.6. The summed E-state index contributed by atoms with van der Waals surface area (Å²) in [6, 6.07) is 0. The van der Waals surface area contributed by atoms with Crippen molar-refractivity contribution in [1.29, 1.82) is 0 Å². The van der Waals surface area contributed by atoms with Gasteiger partial charge in [0.2, 0.25) is 0 Å². The van der Waals surface area contributed by atoms with Gasteiger partial charge in [0.05, 0.1) is 0 Å². The molecule has 0 aromatic rings. The lowest BCUT2D eigenvalue weighted by molar-refractivity contribution is 0.487. The minimum absolute atomic E-state index is 0.684. The Morgan fingerprint density at radius 3 is 2.33 bits per heavy atom. The van der Waals surface area contributed by atoms with Crippen LogP contribution in [0.15, 0.2) is 12.2 Å². The summed E-state index contributed by atoms with van der Waals surface area (Å²) in [4.78, 5) is 0. The van der Waals surface area contributed by atoms with E-state index in [4.69, 9.17) is 5.73 Å². The second-order valence-electron chi connectivity index (χ2n) is 4.60. The summed E-state index contributed by atoms with van der Waals surface area (Å²) in [6.45, 7) is 5.29. The fourth-order valence-corrected chi connectivity index (χ4v) is 1.82. The van der Waals surface area contributed by atoms with Crippen LogP contribution in [0.3, 0.4) is 0 Å². The molecule has 0 aliphatic rings. The second kappa shape index (κ2) is 11.8. The number of hydrogen-bond acceptors (Lipinski definition) is 1. The topological polar surface area (TPSA) is 26.0 Å². The molecule has 0 spiro atoms. The first kappa shape index (κ1) is 14.7. The summed E-state index contributed by atoms with van der Waals surface area (Å²) in [6.07, 6.45) is 15.3. The maximum absolute atomic E-state index is 5.40. The number of nitrogens with two attached hydrogens (primary N) is 1. The van der Waals surface area contributed by atoms with Gasteiger partial charge in [-0.3, -0.25) is 0 Å². The molecule has 0 aromatic carbocycles. The monoisotopic (exact) mass is 211 g/mol. The van der Waals surface area contributed by atoms with Gasteiger partial charge in [0, 0.05) is 6.54 Å². The average molecular weight is 211 g/mol. The second-order valence-corrected chi connectivity index (χ2v) is 4.60. The fourth-order valence-electron chi connectivity index (χ4n) is 1.82. The van der Waals surface area contributed by atoms with Gasteiger partial charge in [-0.1, -0.05) is 70.9 Å². The Balaban J connectivity index is 3.16. The van der Waals surface area contributed by atoms with E-state index >= 15 is 0 Å². The van der Waals surface area contributed by atoms with E-state index in [1.54, 1.807) is 0 Å². The largest absolute Gasteiger partial charge is 0.327 e. The molecule has 0 radical (unpaired) electrons. The molecule has 0 fully saturated rings. The van der Waals surface area contributed by atoms with E-state index in [9.17, 15) is 0 Å². The molecule has 1 atom stereocenters. The Kier molecular flexibility index (Phi) is 11.5. The summed E-state index contributed by atoms with van der Waals surface area (Å²) in [5.41, 5.74) is 5.40. The van der Waals surface area contributed by atoms with Crippen LogP contribution in [0.2, 0.25) is 0 Å². The molecule has 1 unspecified atom stereocenters. The van der Waals surface area contributed by atoms with Gasteiger partial charge in [-0.25, -0.2) is 0 Å². The van der Waals surface area contributed by atoms with Crippen molar-refractivity contribution in [3.05, 3.63) is 12.2 Å². The molecule has 0 saturated heterocycles.